The second-order valence-electron chi connectivity index (χ2n) is 4.46. The Kier molecular flexibility index (Phi) is 3.11. The lowest BCUT2D eigenvalue weighted by atomic mass is 9.98. The van der Waals surface area contributed by atoms with Crippen molar-refractivity contribution in [2.75, 3.05) is 13.2 Å². The Hall–Kier alpha value is -0.940. The maximum Gasteiger partial charge on any atom is 0.156 e. The number of nitrogens with zero attached hydrogens (tertiary/aromatic N) is 3. The predicted molar refractivity (Wildman–Crippen MR) is 67.9 cm³/mol. The second-order valence-corrected chi connectivity index (χ2v) is 5.38. The lowest BCUT2D eigenvalue weighted by Gasteiger charge is -2.20. The first-order valence-electron chi connectivity index (χ1n) is 5.90. The summed E-state index contributed by atoms with van der Waals surface area (Å²) in [6.45, 7) is 1.75. The van der Waals surface area contributed by atoms with E-state index in [1.54, 1.807) is 0 Å². The number of fused-ring (bicyclic) bond motifs is 1. The molecule has 0 radical (unpaired) electrons. The number of hydrogen-bond acceptors (Lipinski definition) is 3. The standard InChI is InChI=1S/C12H14BrN3O/c13-10-3-4-16-12(7-10)14-11(15-16)6-9-2-1-5-17-8-9/h3-4,7,9H,1-2,5-6,8H2. The van der Waals surface area contributed by atoms with E-state index in [0.717, 1.165) is 42.0 Å². The Balaban J connectivity index is 1.80. The molecule has 2 aromatic rings. The number of aromatic nitrogens is 3. The highest BCUT2D eigenvalue weighted by atomic mass is 79.9. The van der Waals surface area contributed by atoms with E-state index >= 15 is 0 Å². The summed E-state index contributed by atoms with van der Waals surface area (Å²) in [4.78, 5) is 4.53. The van der Waals surface area contributed by atoms with E-state index in [1.165, 1.54) is 6.42 Å². The molecule has 1 atom stereocenters. The van der Waals surface area contributed by atoms with Gasteiger partial charge in [0.05, 0.1) is 0 Å². The van der Waals surface area contributed by atoms with Gasteiger partial charge in [0.15, 0.2) is 11.5 Å². The molecule has 1 unspecified atom stereocenters. The summed E-state index contributed by atoms with van der Waals surface area (Å²) in [6.07, 6.45) is 5.22. The summed E-state index contributed by atoms with van der Waals surface area (Å²) in [5.41, 5.74) is 0.895. The van der Waals surface area contributed by atoms with E-state index in [0.29, 0.717) is 5.92 Å². The van der Waals surface area contributed by atoms with Crippen LogP contribution in [0.4, 0.5) is 0 Å². The minimum atomic E-state index is 0.574. The fourth-order valence-corrected chi connectivity index (χ4v) is 2.54. The van der Waals surface area contributed by atoms with Crippen molar-refractivity contribution >= 4 is 21.6 Å². The minimum Gasteiger partial charge on any atom is -0.381 e. The van der Waals surface area contributed by atoms with Crippen molar-refractivity contribution < 1.29 is 4.74 Å². The average molecular weight is 296 g/mol. The third-order valence-electron chi connectivity index (χ3n) is 3.07. The molecule has 2 aromatic heterocycles. The molecule has 3 rings (SSSR count). The second kappa shape index (κ2) is 4.74. The van der Waals surface area contributed by atoms with Crippen LogP contribution in [0.5, 0.6) is 0 Å². The van der Waals surface area contributed by atoms with Crippen molar-refractivity contribution in [3.8, 4) is 0 Å². The largest absolute Gasteiger partial charge is 0.381 e. The molecule has 1 saturated heterocycles. The van der Waals surface area contributed by atoms with Crippen LogP contribution < -0.4 is 0 Å². The number of halogens is 1. The minimum absolute atomic E-state index is 0.574. The summed E-state index contributed by atoms with van der Waals surface area (Å²) < 4.78 is 8.33. The maximum atomic E-state index is 5.48. The molecule has 5 heteroatoms. The van der Waals surface area contributed by atoms with Gasteiger partial charge in [-0.15, -0.1) is 0 Å². The van der Waals surface area contributed by atoms with Gasteiger partial charge in [0, 0.05) is 30.3 Å². The van der Waals surface area contributed by atoms with E-state index in [1.807, 2.05) is 22.8 Å². The highest BCUT2D eigenvalue weighted by molar-refractivity contribution is 9.10. The molecule has 0 bridgehead atoms. The predicted octanol–water partition coefficient (Wildman–Crippen LogP) is 2.46. The van der Waals surface area contributed by atoms with Crippen molar-refractivity contribution in [2.24, 2.45) is 5.92 Å². The summed E-state index contributed by atoms with van der Waals surface area (Å²) in [5.74, 6) is 1.49. The number of ether oxygens (including phenoxy) is 1. The third-order valence-corrected chi connectivity index (χ3v) is 3.56. The zero-order valence-corrected chi connectivity index (χ0v) is 11.1. The highest BCUT2D eigenvalue weighted by Gasteiger charge is 2.16. The number of pyridine rings is 1. The Morgan fingerprint density at radius 2 is 2.47 bits per heavy atom. The van der Waals surface area contributed by atoms with E-state index in [9.17, 15) is 0 Å². The molecule has 4 nitrogen and oxygen atoms in total. The zero-order valence-electron chi connectivity index (χ0n) is 9.47. The number of hydrogen-bond donors (Lipinski definition) is 0. The molecule has 90 valence electrons. The molecule has 1 aliphatic rings. The summed E-state index contributed by atoms with van der Waals surface area (Å²) in [7, 11) is 0. The van der Waals surface area contributed by atoms with Gasteiger partial charge in [-0.3, -0.25) is 0 Å². The Morgan fingerprint density at radius 3 is 3.29 bits per heavy atom. The van der Waals surface area contributed by atoms with Gasteiger partial charge < -0.3 is 4.74 Å². The van der Waals surface area contributed by atoms with E-state index in [4.69, 9.17) is 4.74 Å². The van der Waals surface area contributed by atoms with E-state index in [2.05, 4.69) is 26.0 Å². The normalized spacial score (nSPS) is 20.9. The summed E-state index contributed by atoms with van der Waals surface area (Å²) >= 11 is 3.44. The van der Waals surface area contributed by atoms with Crippen LogP contribution in [0.3, 0.4) is 0 Å². The molecule has 0 N–H and O–H groups in total. The lowest BCUT2D eigenvalue weighted by Crippen LogP contribution is -2.19. The van der Waals surface area contributed by atoms with Crippen LogP contribution in [-0.2, 0) is 11.2 Å². The van der Waals surface area contributed by atoms with Crippen molar-refractivity contribution in [3.63, 3.8) is 0 Å². The SMILES string of the molecule is Brc1ccn2nc(CC3CCCOC3)nc2c1. The van der Waals surface area contributed by atoms with E-state index in [-0.39, 0.29) is 0 Å². The monoisotopic (exact) mass is 295 g/mol. The maximum absolute atomic E-state index is 5.48. The van der Waals surface area contributed by atoms with Crippen LogP contribution in [0.2, 0.25) is 0 Å². The molecule has 1 aliphatic heterocycles. The molecular weight excluding hydrogens is 282 g/mol. The van der Waals surface area contributed by atoms with Gasteiger partial charge in [-0.05, 0) is 30.9 Å². The Morgan fingerprint density at radius 1 is 1.53 bits per heavy atom. The molecule has 0 aromatic carbocycles. The van der Waals surface area contributed by atoms with Crippen LogP contribution in [0, 0.1) is 5.92 Å². The number of rotatable bonds is 2. The molecule has 3 heterocycles. The first-order valence-corrected chi connectivity index (χ1v) is 6.69. The quantitative estimate of drug-likeness (QED) is 0.854. The van der Waals surface area contributed by atoms with Crippen LogP contribution in [-0.4, -0.2) is 27.8 Å². The van der Waals surface area contributed by atoms with Gasteiger partial charge in [0.1, 0.15) is 0 Å². The summed E-state index contributed by atoms with van der Waals surface area (Å²) in [5, 5.41) is 4.48. The smallest absolute Gasteiger partial charge is 0.156 e. The first kappa shape index (κ1) is 11.2. The third kappa shape index (κ3) is 2.50. The fourth-order valence-electron chi connectivity index (χ4n) is 2.22. The van der Waals surface area contributed by atoms with Gasteiger partial charge in [-0.25, -0.2) is 9.50 Å². The molecule has 0 saturated carbocycles. The van der Waals surface area contributed by atoms with Crippen molar-refractivity contribution in [2.45, 2.75) is 19.3 Å². The molecule has 0 amide bonds. The van der Waals surface area contributed by atoms with Gasteiger partial charge in [-0.2, -0.15) is 5.10 Å². The molecule has 0 aliphatic carbocycles. The molecule has 0 spiro atoms. The van der Waals surface area contributed by atoms with Crippen molar-refractivity contribution in [3.05, 3.63) is 28.6 Å². The fraction of sp³-hybridized carbons (Fsp3) is 0.500. The highest BCUT2D eigenvalue weighted by Crippen LogP contribution is 2.18. The molecule has 1 fully saturated rings. The Labute approximate surface area is 108 Å². The average Bonchev–Trinajstić information content (AvgIpc) is 2.71. The van der Waals surface area contributed by atoms with Gasteiger partial charge in [-0.1, -0.05) is 15.9 Å². The Bertz CT molecular complexity index is 519. The van der Waals surface area contributed by atoms with Crippen LogP contribution in [0.1, 0.15) is 18.7 Å². The van der Waals surface area contributed by atoms with Crippen LogP contribution in [0.15, 0.2) is 22.8 Å². The van der Waals surface area contributed by atoms with E-state index < -0.39 is 0 Å². The van der Waals surface area contributed by atoms with Crippen molar-refractivity contribution in [1.82, 2.24) is 14.6 Å². The summed E-state index contributed by atoms with van der Waals surface area (Å²) in [6, 6.07) is 3.95. The lowest BCUT2D eigenvalue weighted by molar-refractivity contribution is 0.0543. The first-order chi connectivity index (χ1) is 8.31. The van der Waals surface area contributed by atoms with Gasteiger partial charge >= 0.3 is 0 Å². The molecule has 17 heavy (non-hydrogen) atoms. The van der Waals surface area contributed by atoms with Gasteiger partial charge in [0.25, 0.3) is 0 Å². The zero-order chi connectivity index (χ0) is 11.7. The van der Waals surface area contributed by atoms with Crippen LogP contribution >= 0.6 is 15.9 Å². The topological polar surface area (TPSA) is 39.4 Å². The molecular formula is C12H14BrN3O. The van der Waals surface area contributed by atoms with Gasteiger partial charge in [0.2, 0.25) is 0 Å². The van der Waals surface area contributed by atoms with Crippen LogP contribution in [0.25, 0.3) is 5.65 Å². The van der Waals surface area contributed by atoms with Crippen molar-refractivity contribution in [1.29, 1.82) is 0 Å².